The minimum absolute atomic E-state index is 0.0939. The van der Waals surface area contributed by atoms with Crippen LogP contribution in [0.1, 0.15) is 38.8 Å². The zero-order valence-electron chi connectivity index (χ0n) is 18.3. The molecule has 0 saturated heterocycles. The van der Waals surface area contributed by atoms with E-state index in [1.54, 1.807) is 36.4 Å². The predicted octanol–water partition coefficient (Wildman–Crippen LogP) is 5.43. The Labute approximate surface area is 199 Å². The van der Waals surface area contributed by atoms with Gasteiger partial charge >= 0.3 is 0 Å². The van der Waals surface area contributed by atoms with Crippen molar-refractivity contribution in [2.45, 2.75) is 12.5 Å². The van der Waals surface area contributed by atoms with Crippen molar-refractivity contribution < 1.29 is 28.5 Å². The fourth-order valence-electron chi connectivity index (χ4n) is 3.76. The number of ketones is 1. The first kappa shape index (κ1) is 22.7. The molecule has 1 aliphatic heterocycles. The van der Waals surface area contributed by atoms with E-state index in [9.17, 15) is 9.59 Å². The molecular weight excluding hydrogens is 490 g/mol. The highest BCUT2D eigenvalue weighted by atomic mass is 79.9. The molecule has 1 amide bonds. The zero-order valence-corrected chi connectivity index (χ0v) is 19.9. The van der Waals surface area contributed by atoms with Gasteiger partial charge < -0.3 is 24.3 Å². The number of anilines is 1. The number of amides is 1. The number of methoxy groups -OCH3 is 3. The molecule has 0 fully saturated rings. The highest BCUT2D eigenvalue weighted by Crippen LogP contribution is 2.49. The first-order valence-corrected chi connectivity index (χ1v) is 10.9. The van der Waals surface area contributed by atoms with Crippen molar-refractivity contribution in [3.05, 3.63) is 75.8 Å². The molecule has 3 aromatic carbocycles. The van der Waals surface area contributed by atoms with Crippen molar-refractivity contribution in [1.82, 2.24) is 0 Å². The molecule has 33 heavy (non-hydrogen) atoms. The number of nitrogens with one attached hydrogen (secondary N) is 1. The minimum Gasteiger partial charge on any atom is -0.493 e. The Morgan fingerprint density at radius 1 is 1.00 bits per heavy atom. The number of ether oxygens (including phenoxy) is 4. The smallest absolute Gasteiger partial charge is 0.255 e. The summed E-state index contributed by atoms with van der Waals surface area (Å²) in [6.07, 6.45) is -0.468. The van der Waals surface area contributed by atoms with E-state index in [0.717, 1.165) is 4.47 Å². The second-order valence-corrected chi connectivity index (χ2v) is 8.25. The largest absolute Gasteiger partial charge is 0.493 e. The molecule has 0 saturated carbocycles. The van der Waals surface area contributed by atoms with E-state index in [1.165, 1.54) is 21.3 Å². The lowest BCUT2D eigenvalue weighted by atomic mass is 9.94. The van der Waals surface area contributed by atoms with Crippen LogP contribution >= 0.6 is 15.9 Å². The average Bonchev–Trinajstić information content (AvgIpc) is 2.84. The number of rotatable bonds is 6. The van der Waals surface area contributed by atoms with Crippen LogP contribution in [0, 0.1) is 0 Å². The van der Waals surface area contributed by atoms with Crippen LogP contribution < -0.4 is 24.3 Å². The Hall–Kier alpha value is -3.52. The summed E-state index contributed by atoms with van der Waals surface area (Å²) in [6.45, 7) is 0. The van der Waals surface area contributed by atoms with Gasteiger partial charge in [-0.2, -0.15) is 0 Å². The molecule has 1 atom stereocenters. The molecular formula is C25H22BrNO6. The highest BCUT2D eigenvalue weighted by Gasteiger charge is 2.34. The minimum atomic E-state index is -0.562. The third-order valence-electron chi connectivity index (χ3n) is 5.34. The van der Waals surface area contributed by atoms with Gasteiger partial charge in [-0.05, 0) is 42.0 Å². The summed E-state index contributed by atoms with van der Waals surface area (Å²) in [5.74, 6) is 0.942. The molecule has 1 heterocycles. The Morgan fingerprint density at radius 3 is 2.39 bits per heavy atom. The summed E-state index contributed by atoms with van der Waals surface area (Å²) in [4.78, 5) is 25.8. The van der Waals surface area contributed by atoms with Gasteiger partial charge in [-0.3, -0.25) is 9.59 Å². The lowest BCUT2D eigenvalue weighted by Crippen LogP contribution is -2.22. The van der Waals surface area contributed by atoms with Crippen molar-refractivity contribution in [3.63, 3.8) is 0 Å². The number of fused-ring (bicyclic) bond motifs is 1. The van der Waals surface area contributed by atoms with E-state index >= 15 is 0 Å². The summed E-state index contributed by atoms with van der Waals surface area (Å²) < 4.78 is 23.3. The normalized spacial score (nSPS) is 14.7. The quantitative estimate of drug-likeness (QED) is 0.474. The molecule has 0 spiro atoms. The van der Waals surface area contributed by atoms with Crippen molar-refractivity contribution in [1.29, 1.82) is 0 Å². The molecule has 1 N–H and O–H groups in total. The van der Waals surface area contributed by atoms with Crippen LogP contribution in [0.2, 0.25) is 0 Å². The summed E-state index contributed by atoms with van der Waals surface area (Å²) in [5, 5.41) is 2.87. The number of Topliss-reactive ketones (excluding diaryl/α,β-unsaturated/α-hetero) is 1. The Bertz CT molecular complexity index is 1210. The third kappa shape index (κ3) is 4.52. The maximum absolute atomic E-state index is 13.1. The van der Waals surface area contributed by atoms with Crippen LogP contribution in [-0.2, 0) is 0 Å². The van der Waals surface area contributed by atoms with E-state index in [2.05, 4.69) is 21.2 Å². The van der Waals surface area contributed by atoms with Gasteiger partial charge in [0, 0.05) is 21.8 Å². The van der Waals surface area contributed by atoms with Gasteiger partial charge in [0.1, 0.15) is 17.4 Å². The number of benzene rings is 3. The van der Waals surface area contributed by atoms with Crippen molar-refractivity contribution in [2.75, 3.05) is 26.6 Å². The molecule has 1 unspecified atom stereocenters. The maximum atomic E-state index is 13.1. The van der Waals surface area contributed by atoms with Gasteiger partial charge in [0.2, 0.25) is 5.75 Å². The number of hydrogen-bond acceptors (Lipinski definition) is 6. The molecule has 0 bridgehead atoms. The monoisotopic (exact) mass is 511 g/mol. The third-order valence-corrected chi connectivity index (χ3v) is 5.86. The number of carbonyl (C=O) groups excluding carboxylic acids is 2. The van der Waals surface area contributed by atoms with Crippen LogP contribution in [0.4, 0.5) is 5.69 Å². The fourth-order valence-corrected chi connectivity index (χ4v) is 4.02. The lowest BCUT2D eigenvalue weighted by molar-refractivity contribution is 0.0842. The van der Waals surface area contributed by atoms with Gasteiger partial charge in [0.05, 0.1) is 27.8 Å². The molecule has 3 aromatic rings. The molecule has 0 aliphatic carbocycles. The Kier molecular flexibility index (Phi) is 6.55. The molecule has 1 aliphatic rings. The lowest BCUT2D eigenvalue weighted by Gasteiger charge is -2.28. The SMILES string of the molecule is COc1cc2c(c(OC)c1OC)C(=O)CC(c1cccc(C(=O)Nc3ccc(Br)cc3)c1)O2. The fraction of sp³-hybridized carbons (Fsp3) is 0.200. The van der Waals surface area contributed by atoms with Crippen LogP contribution in [0.3, 0.4) is 0 Å². The number of carbonyl (C=O) groups is 2. The molecule has 4 rings (SSSR count). The highest BCUT2D eigenvalue weighted by molar-refractivity contribution is 9.10. The topological polar surface area (TPSA) is 83.1 Å². The summed E-state index contributed by atoms with van der Waals surface area (Å²) in [5.41, 5.74) is 2.17. The summed E-state index contributed by atoms with van der Waals surface area (Å²) >= 11 is 3.38. The van der Waals surface area contributed by atoms with Crippen molar-refractivity contribution in [2.24, 2.45) is 0 Å². The van der Waals surface area contributed by atoms with E-state index < -0.39 is 6.10 Å². The van der Waals surface area contributed by atoms with Crippen molar-refractivity contribution in [3.8, 4) is 23.0 Å². The van der Waals surface area contributed by atoms with E-state index in [1.807, 2.05) is 18.2 Å². The Balaban J connectivity index is 1.62. The molecule has 0 radical (unpaired) electrons. The van der Waals surface area contributed by atoms with E-state index in [4.69, 9.17) is 18.9 Å². The van der Waals surface area contributed by atoms with E-state index in [-0.39, 0.29) is 23.9 Å². The van der Waals surface area contributed by atoms with E-state index in [0.29, 0.717) is 39.6 Å². The summed E-state index contributed by atoms with van der Waals surface area (Å²) in [7, 11) is 4.44. The number of halogens is 1. The first-order chi connectivity index (χ1) is 15.9. The number of hydrogen-bond donors (Lipinski definition) is 1. The zero-order chi connectivity index (χ0) is 23.5. The standard InChI is InChI=1S/C25H22BrNO6/c1-30-21-13-20-22(24(32-3)23(21)31-2)18(28)12-19(33-20)14-5-4-6-15(11-14)25(29)27-17-9-7-16(26)8-10-17/h4-11,13,19H,12H2,1-3H3,(H,27,29). The van der Waals surface area contributed by atoms with Gasteiger partial charge in [0.25, 0.3) is 5.91 Å². The maximum Gasteiger partial charge on any atom is 0.255 e. The second kappa shape index (κ2) is 9.54. The van der Waals surface area contributed by atoms with Crippen LogP contribution in [0.5, 0.6) is 23.0 Å². The van der Waals surface area contributed by atoms with Crippen LogP contribution in [0.25, 0.3) is 0 Å². The molecule has 8 heteroatoms. The first-order valence-electron chi connectivity index (χ1n) is 10.1. The summed E-state index contributed by atoms with van der Waals surface area (Å²) in [6, 6.07) is 16.0. The van der Waals surface area contributed by atoms with Gasteiger partial charge in [0.15, 0.2) is 17.3 Å². The predicted molar refractivity (Wildman–Crippen MR) is 127 cm³/mol. The van der Waals surface area contributed by atoms with Gasteiger partial charge in [-0.1, -0.05) is 28.1 Å². The second-order valence-electron chi connectivity index (χ2n) is 7.34. The van der Waals surface area contributed by atoms with Crippen LogP contribution in [-0.4, -0.2) is 33.0 Å². The van der Waals surface area contributed by atoms with Crippen LogP contribution in [0.15, 0.2) is 59.1 Å². The van der Waals surface area contributed by atoms with Gasteiger partial charge in [-0.15, -0.1) is 0 Å². The average molecular weight is 512 g/mol. The molecule has 7 nitrogen and oxygen atoms in total. The Morgan fingerprint density at radius 2 is 1.73 bits per heavy atom. The van der Waals surface area contributed by atoms with Crippen molar-refractivity contribution >= 4 is 33.3 Å². The van der Waals surface area contributed by atoms with Gasteiger partial charge in [-0.25, -0.2) is 0 Å². The molecule has 0 aromatic heterocycles. The molecule has 170 valence electrons.